The van der Waals surface area contributed by atoms with Crippen molar-refractivity contribution in [1.29, 1.82) is 0 Å². The molecule has 2 fully saturated rings. The third-order valence-electron chi connectivity index (χ3n) is 5.04. The van der Waals surface area contributed by atoms with E-state index < -0.39 is 0 Å². The molecule has 0 saturated carbocycles. The molecule has 0 N–H and O–H groups in total. The largest absolute Gasteiger partial charge is 0.373 e. The fraction of sp³-hybridized carbons (Fsp3) is 0.688. The smallest absolute Gasteiger partial charge is 0.165 e. The minimum Gasteiger partial charge on any atom is -0.373 e. The molecular formula is C16H21NO2. The second kappa shape index (κ2) is 3.72. The quantitative estimate of drug-likeness (QED) is 0.776. The van der Waals surface area contributed by atoms with Gasteiger partial charge in [-0.05, 0) is 37.2 Å². The molecule has 4 rings (SSSR count). The fourth-order valence-corrected chi connectivity index (χ4v) is 4.18. The second-order valence-electron chi connectivity index (χ2n) is 7.20. The summed E-state index contributed by atoms with van der Waals surface area (Å²) < 4.78 is 8.33. The van der Waals surface area contributed by atoms with E-state index in [0.717, 1.165) is 18.4 Å². The molecule has 0 amide bonds. The highest BCUT2D eigenvalue weighted by Gasteiger charge is 2.43. The van der Waals surface area contributed by atoms with Crippen LogP contribution in [0.1, 0.15) is 61.6 Å². The Morgan fingerprint density at radius 2 is 2.16 bits per heavy atom. The molecule has 2 aliphatic heterocycles. The van der Waals surface area contributed by atoms with Crippen LogP contribution in [0.5, 0.6) is 0 Å². The third kappa shape index (κ3) is 1.71. The van der Waals surface area contributed by atoms with Crippen molar-refractivity contribution < 1.29 is 9.53 Å². The molecule has 2 bridgehead atoms. The standard InChI is InChI=1S/C16H21NO2/c1-16(2)8-13-11(14(18)9-16)5-6-17(13)12-7-10-3-4-15(12)19-10/h5-6,10,12,15H,3-4,7-9H2,1-2H3. The molecule has 1 aromatic rings. The van der Waals surface area contributed by atoms with Crippen molar-refractivity contribution in [2.75, 3.05) is 0 Å². The van der Waals surface area contributed by atoms with Crippen LogP contribution in [0, 0.1) is 5.41 Å². The first-order valence-electron chi connectivity index (χ1n) is 7.42. The van der Waals surface area contributed by atoms with Crippen LogP contribution in [0.4, 0.5) is 0 Å². The van der Waals surface area contributed by atoms with Gasteiger partial charge in [0, 0.05) is 23.9 Å². The summed E-state index contributed by atoms with van der Waals surface area (Å²) >= 11 is 0. The average molecular weight is 259 g/mol. The van der Waals surface area contributed by atoms with Crippen LogP contribution >= 0.6 is 0 Å². The lowest BCUT2D eigenvalue weighted by Crippen LogP contribution is -2.30. The van der Waals surface area contributed by atoms with Crippen LogP contribution in [0.2, 0.25) is 0 Å². The van der Waals surface area contributed by atoms with Crippen LogP contribution in [0.25, 0.3) is 0 Å². The monoisotopic (exact) mass is 259 g/mol. The minimum atomic E-state index is 0.0959. The number of hydrogen-bond donors (Lipinski definition) is 0. The number of aromatic nitrogens is 1. The SMILES string of the molecule is CC1(C)CC(=O)c2ccn(C3CC4CCC3O4)c2C1. The Kier molecular flexibility index (Phi) is 2.29. The summed E-state index contributed by atoms with van der Waals surface area (Å²) in [6, 6.07) is 2.49. The van der Waals surface area contributed by atoms with Gasteiger partial charge in [-0.25, -0.2) is 0 Å². The summed E-state index contributed by atoms with van der Waals surface area (Å²) in [5, 5.41) is 0. The molecule has 0 spiro atoms. The zero-order valence-corrected chi connectivity index (χ0v) is 11.7. The maximum atomic E-state index is 12.2. The maximum Gasteiger partial charge on any atom is 0.165 e. The van der Waals surface area contributed by atoms with Crippen LogP contribution < -0.4 is 0 Å². The van der Waals surface area contributed by atoms with Gasteiger partial charge in [-0.15, -0.1) is 0 Å². The number of ketones is 1. The van der Waals surface area contributed by atoms with Gasteiger partial charge in [0.05, 0.1) is 18.2 Å². The topological polar surface area (TPSA) is 31.2 Å². The highest BCUT2D eigenvalue weighted by Crippen LogP contribution is 2.44. The first-order chi connectivity index (χ1) is 9.03. The number of carbonyl (C=O) groups is 1. The number of rotatable bonds is 1. The first-order valence-corrected chi connectivity index (χ1v) is 7.42. The van der Waals surface area contributed by atoms with Crippen molar-refractivity contribution in [2.24, 2.45) is 5.41 Å². The number of hydrogen-bond acceptors (Lipinski definition) is 2. The van der Waals surface area contributed by atoms with Crippen molar-refractivity contribution >= 4 is 5.78 Å². The number of ether oxygens (including phenoxy) is 1. The molecule has 0 aromatic carbocycles. The van der Waals surface area contributed by atoms with Crippen LogP contribution in [-0.2, 0) is 11.2 Å². The van der Waals surface area contributed by atoms with E-state index in [2.05, 4.69) is 24.6 Å². The molecule has 0 radical (unpaired) electrons. The number of fused-ring (bicyclic) bond motifs is 3. The molecule has 1 aromatic heterocycles. The number of Topliss-reactive ketones (excluding diaryl/α,β-unsaturated/α-hetero) is 1. The molecule has 3 aliphatic rings. The van der Waals surface area contributed by atoms with Gasteiger partial charge in [0.25, 0.3) is 0 Å². The summed E-state index contributed by atoms with van der Waals surface area (Å²) in [5.74, 6) is 0.314. The predicted octanol–water partition coefficient (Wildman–Crippen LogP) is 3.14. The Morgan fingerprint density at radius 3 is 2.84 bits per heavy atom. The van der Waals surface area contributed by atoms with Crippen molar-refractivity contribution in [1.82, 2.24) is 4.57 Å². The van der Waals surface area contributed by atoms with E-state index in [1.807, 2.05) is 6.07 Å². The Labute approximate surface area is 113 Å². The summed E-state index contributed by atoms with van der Waals surface area (Å²) in [4.78, 5) is 12.2. The normalized spacial score (nSPS) is 35.7. The highest BCUT2D eigenvalue weighted by molar-refractivity contribution is 5.98. The van der Waals surface area contributed by atoms with E-state index in [1.165, 1.54) is 18.5 Å². The lowest BCUT2D eigenvalue weighted by atomic mass is 9.76. The third-order valence-corrected chi connectivity index (χ3v) is 5.04. The predicted molar refractivity (Wildman–Crippen MR) is 72.4 cm³/mol. The van der Waals surface area contributed by atoms with Crippen molar-refractivity contribution in [3.05, 3.63) is 23.5 Å². The number of carbonyl (C=O) groups excluding carboxylic acids is 1. The molecule has 2 saturated heterocycles. The average Bonchev–Trinajstić information content (AvgIpc) is 2.99. The summed E-state index contributed by atoms with van der Waals surface area (Å²) in [6.07, 6.45) is 8.17. The van der Waals surface area contributed by atoms with Gasteiger partial charge in [0.15, 0.2) is 5.78 Å². The van der Waals surface area contributed by atoms with Gasteiger partial charge in [0.2, 0.25) is 0 Å². The zero-order valence-electron chi connectivity index (χ0n) is 11.7. The Balaban J connectivity index is 1.74. The van der Waals surface area contributed by atoms with Crippen molar-refractivity contribution in [3.63, 3.8) is 0 Å². The van der Waals surface area contributed by atoms with E-state index in [-0.39, 0.29) is 5.41 Å². The molecule has 19 heavy (non-hydrogen) atoms. The van der Waals surface area contributed by atoms with E-state index in [1.54, 1.807) is 0 Å². The van der Waals surface area contributed by atoms with Gasteiger partial charge >= 0.3 is 0 Å². The first kappa shape index (κ1) is 11.7. The Bertz CT molecular complexity index is 543. The molecule has 3 unspecified atom stereocenters. The van der Waals surface area contributed by atoms with Crippen LogP contribution in [-0.4, -0.2) is 22.6 Å². The maximum absolute atomic E-state index is 12.2. The van der Waals surface area contributed by atoms with Crippen molar-refractivity contribution in [3.8, 4) is 0 Å². The minimum absolute atomic E-state index is 0.0959. The molecular weight excluding hydrogens is 238 g/mol. The zero-order chi connectivity index (χ0) is 13.2. The van der Waals surface area contributed by atoms with E-state index >= 15 is 0 Å². The van der Waals surface area contributed by atoms with Gasteiger partial charge in [-0.3, -0.25) is 4.79 Å². The van der Waals surface area contributed by atoms with Crippen molar-refractivity contribution in [2.45, 2.75) is 64.2 Å². The van der Waals surface area contributed by atoms with Crippen LogP contribution in [0.3, 0.4) is 0 Å². The van der Waals surface area contributed by atoms with Gasteiger partial charge in [-0.2, -0.15) is 0 Å². The molecule has 3 heteroatoms. The van der Waals surface area contributed by atoms with Gasteiger partial charge in [0.1, 0.15) is 0 Å². The fourth-order valence-electron chi connectivity index (χ4n) is 4.18. The summed E-state index contributed by atoms with van der Waals surface area (Å²) in [7, 11) is 0. The highest BCUT2D eigenvalue weighted by atomic mass is 16.5. The second-order valence-corrected chi connectivity index (χ2v) is 7.20. The molecule has 3 atom stereocenters. The van der Waals surface area contributed by atoms with E-state index in [9.17, 15) is 4.79 Å². The van der Waals surface area contributed by atoms with E-state index in [0.29, 0.717) is 30.5 Å². The van der Waals surface area contributed by atoms with E-state index in [4.69, 9.17) is 4.74 Å². The molecule has 3 nitrogen and oxygen atoms in total. The lowest BCUT2D eigenvalue weighted by molar-refractivity contribution is 0.0887. The number of nitrogens with zero attached hydrogens (tertiary/aromatic N) is 1. The summed E-state index contributed by atoms with van der Waals surface area (Å²) in [5.41, 5.74) is 2.31. The Morgan fingerprint density at radius 1 is 1.32 bits per heavy atom. The van der Waals surface area contributed by atoms with Gasteiger partial charge in [-0.1, -0.05) is 13.8 Å². The Hall–Kier alpha value is -1.09. The molecule has 3 heterocycles. The molecule has 1 aliphatic carbocycles. The van der Waals surface area contributed by atoms with Crippen LogP contribution in [0.15, 0.2) is 12.3 Å². The summed E-state index contributed by atoms with van der Waals surface area (Å²) in [6.45, 7) is 4.39. The van der Waals surface area contributed by atoms with Gasteiger partial charge < -0.3 is 9.30 Å². The molecule has 102 valence electrons. The lowest BCUT2D eigenvalue weighted by Gasteiger charge is -2.32.